The minimum atomic E-state index is -0.636. The highest BCUT2D eigenvalue weighted by molar-refractivity contribution is 5.85. The molecule has 1 fully saturated rings. The summed E-state index contributed by atoms with van der Waals surface area (Å²) in [5.41, 5.74) is 1.82. The maximum atomic E-state index is 13.8. The van der Waals surface area contributed by atoms with E-state index < -0.39 is 6.10 Å². The third-order valence-corrected chi connectivity index (χ3v) is 4.68. The molecule has 1 saturated carbocycles. The van der Waals surface area contributed by atoms with E-state index >= 15 is 0 Å². The maximum absolute atomic E-state index is 13.8. The van der Waals surface area contributed by atoms with Gasteiger partial charge in [-0.05, 0) is 48.1 Å². The van der Waals surface area contributed by atoms with Crippen molar-refractivity contribution in [1.29, 1.82) is 0 Å². The van der Waals surface area contributed by atoms with Gasteiger partial charge in [-0.25, -0.2) is 4.39 Å². The average molecular weight is 361 g/mol. The fourth-order valence-corrected chi connectivity index (χ4v) is 3.29. The highest BCUT2D eigenvalue weighted by Crippen LogP contribution is 2.29. The van der Waals surface area contributed by atoms with Crippen molar-refractivity contribution >= 4 is 23.3 Å². The van der Waals surface area contributed by atoms with Crippen LogP contribution in [0.15, 0.2) is 60.8 Å². The summed E-state index contributed by atoms with van der Waals surface area (Å²) in [7, 11) is 0. The molecule has 1 heterocycles. The first-order chi connectivity index (χ1) is 11.7. The van der Waals surface area contributed by atoms with Crippen LogP contribution in [0, 0.1) is 5.82 Å². The second kappa shape index (κ2) is 7.56. The number of hydrogen-bond donors (Lipinski definition) is 2. The normalized spacial score (nSPS) is 16.4. The molecule has 0 unspecified atom stereocenters. The molecule has 2 aromatic carbocycles. The van der Waals surface area contributed by atoms with E-state index in [4.69, 9.17) is 0 Å². The van der Waals surface area contributed by atoms with E-state index in [1.54, 1.807) is 6.07 Å². The van der Waals surface area contributed by atoms with Gasteiger partial charge in [0.15, 0.2) is 0 Å². The molecular formula is C20H22ClFN2O. The fraction of sp³-hybridized carbons (Fsp3) is 0.300. The van der Waals surface area contributed by atoms with E-state index in [-0.39, 0.29) is 24.3 Å². The average Bonchev–Trinajstić information content (AvgIpc) is 3.33. The van der Waals surface area contributed by atoms with Crippen LogP contribution >= 0.6 is 12.4 Å². The molecule has 4 rings (SSSR count). The van der Waals surface area contributed by atoms with Crippen molar-refractivity contribution in [2.24, 2.45) is 0 Å². The highest BCUT2D eigenvalue weighted by atomic mass is 35.5. The van der Waals surface area contributed by atoms with E-state index in [1.807, 2.05) is 47.2 Å². The molecule has 132 valence electrons. The Morgan fingerprint density at radius 1 is 1.12 bits per heavy atom. The van der Waals surface area contributed by atoms with Gasteiger partial charge in [-0.2, -0.15) is 0 Å². The molecule has 1 aliphatic carbocycles. The Bertz CT molecular complexity index is 846. The fourth-order valence-electron chi connectivity index (χ4n) is 3.29. The minimum absolute atomic E-state index is 0. The molecule has 0 aliphatic heterocycles. The van der Waals surface area contributed by atoms with Crippen molar-refractivity contribution < 1.29 is 9.50 Å². The highest BCUT2D eigenvalue weighted by Gasteiger charge is 2.27. The first-order valence-electron chi connectivity index (χ1n) is 8.45. The zero-order valence-corrected chi connectivity index (χ0v) is 14.6. The lowest BCUT2D eigenvalue weighted by Crippen LogP contribution is -2.35. The van der Waals surface area contributed by atoms with Crippen LogP contribution in [-0.4, -0.2) is 28.4 Å². The Kier molecular flexibility index (Phi) is 5.42. The molecule has 3 nitrogen and oxygen atoms in total. The van der Waals surface area contributed by atoms with Crippen molar-refractivity contribution in [3.05, 3.63) is 72.2 Å². The van der Waals surface area contributed by atoms with E-state index in [1.165, 1.54) is 25.0 Å². The number of nitrogens with one attached hydrogen (secondary N) is 1. The molecule has 2 atom stereocenters. The predicted octanol–water partition coefficient (Wildman–Crippen LogP) is 3.90. The maximum Gasteiger partial charge on any atom is 0.123 e. The van der Waals surface area contributed by atoms with Gasteiger partial charge in [-0.15, -0.1) is 12.4 Å². The minimum Gasteiger partial charge on any atom is -0.389 e. The SMILES string of the molecule is Cl.O[C@H](CNC1CC1)[C@H](c1cccc(F)c1)n1ccc2ccccc21. The van der Waals surface area contributed by atoms with Gasteiger partial charge >= 0.3 is 0 Å². The quantitative estimate of drug-likeness (QED) is 0.699. The number of para-hydroxylation sites is 1. The molecule has 0 amide bonds. The summed E-state index contributed by atoms with van der Waals surface area (Å²) in [6.45, 7) is 0.498. The molecule has 3 aromatic rings. The zero-order valence-electron chi connectivity index (χ0n) is 13.8. The molecule has 1 aliphatic rings. The van der Waals surface area contributed by atoms with E-state index in [2.05, 4.69) is 5.32 Å². The Hall–Kier alpha value is -1.88. The number of fused-ring (bicyclic) bond motifs is 1. The summed E-state index contributed by atoms with van der Waals surface area (Å²) in [6.07, 6.45) is 3.68. The summed E-state index contributed by atoms with van der Waals surface area (Å²) in [6, 6.07) is 16.8. The number of aliphatic hydroxyl groups is 1. The van der Waals surface area contributed by atoms with Gasteiger partial charge in [0.1, 0.15) is 5.82 Å². The number of benzene rings is 2. The molecular weight excluding hydrogens is 339 g/mol. The van der Waals surface area contributed by atoms with E-state index in [9.17, 15) is 9.50 Å². The summed E-state index contributed by atoms with van der Waals surface area (Å²) in [5.74, 6) is -0.281. The molecule has 0 spiro atoms. The van der Waals surface area contributed by atoms with Gasteiger partial charge in [0.05, 0.1) is 12.1 Å². The van der Waals surface area contributed by atoms with Crippen LogP contribution in [-0.2, 0) is 0 Å². The number of hydrogen-bond acceptors (Lipinski definition) is 2. The number of aliphatic hydroxyl groups excluding tert-OH is 1. The van der Waals surface area contributed by atoms with Gasteiger partial charge in [0.25, 0.3) is 0 Å². The van der Waals surface area contributed by atoms with Crippen molar-refractivity contribution in [2.45, 2.75) is 31.0 Å². The molecule has 25 heavy (non-hydrogen) atoms. The zero-order chi connectivity index (χ0) is 16.5. The number of rotatable bonds is 6. The Morgan fingerprint density at radius 3 is 2.68 bits per heavy atom. The monoisotopic (exact) mass is 360 g/mol. The summed E-state index contributed by atoms with van der Waals surface area (Å²) in [4.78, 5) is 0. The molecule has 5 heteroatoms. The lowest BCUT2D eigenvalue weighted by atomic mass is 10.0. The topological polar surface area (TPSA) is 37.2 Å². The van der Waals surface area contributed by atoms with Gasteiger partial charge in [0.2, 0.25) is 0 Å². The second-order valence-electron chi connectivity index (χ2n) is 6.53. The molecule has 0 radical (unpaired) electrons. The first-order valence-corrected chi connectivity index (χ1v) is 8.45. The van der Waals surface area contributed by atoms with Crippen LogP contribution < -0.4 is 5.32 Å². The summed E-state index contributed by atoms with van der Waals surface area (Å²) < 4.78 is 15.8. The predicted molar refractivity (Wildman–Crippen MR) is 101 cm³/mol. The van der Waals surface area contributed by atoms with E-state index in [0.717, 1.165) is 16.5 Å². The van der Waals surface area contributed by atoms with Gasteiger partial charge in [0, 0.05) is 24.3 Å². The van der Waals surface area contributed by atoms with Crippen LogP contribution in [0.1, 0.15) is 24.4 Å². The van der Waals surface area contributed by atoms with Crippen molar-refractivity contribution in [1.82, 2.24) is 9.88 Å². The molecule has 0 bridgehead atoms. The third kappa shape index (κ3) is 3.87. The van der Waals surface area contributed by atoms with Crippen molar-refractivity contribution in [2.75, 3.05) is 6.54 Å². The molecule has 1 aromatic heterocycles. The number of nitrogens with zero attached hydrogens (tertiary/aromatic N) is 1. The van der Waals surface area contributed by atoms with Crippen LogP contribution in [0.3, 0.4) is 0 Å². The number of halogens is 2. The third-order valence-electron chi connectivity index (χ3n) is 4.68. The largest absolute Gasteiger partial charge is 0.389 e. The van der Waals surface area contributed by atoms with E-state index in [0.29, 0.717) is 12.6 Å². The standard InChI is InChI=1S/C20H21FN2O.ClH/c21-16-6-3-5-15(12-16)20(19(24)13-22-17-8-9-17)23-11-10-14-4-1-2-7-18(14)23;/h1-7,10-12,17,19-20,22,24H,8-9,13H2;1H/t19-,20+;/m1./s1. The Labute approximate surface area is 152 Å². The van der Waals surface area contributed by atoms with Gasteiger partial charge in [-0.3, -0.25) is 0 Å². The smallest absolute Gasteiger partial charge is 0.123 e. The van der Waals surface area contributed by atoms with Gasteiger partial charge < -0.3 is 15.0 Å². The molecule has 0 saturated heterocycles. The summed E-state index contributed by atoms with van der Waals surface area (Å²) in [5, 5.41) is 15.3. The van der Waals surface area contributed by atoms with Crippen LogP contribution in [0.5, 0.6) is 0 Å². The lowest BCUT2D eigenvalue weighted by Gasteiger charge is -2.26. The molecule has 2 N–H and O–H groups in total. The Morgan fingerprint density at radius 2 is 1.92 bits per heavy atom. The van der Waals surface area contributed by atoms with Gasteiger partial charge in [-0.1, -0.05) is 30.3 Å². The second-order valence-corrected chi connectivity index (χ2v) is 6.53. The Balaban J connectivity index is 0.00000182. The van der Waals surface area contributed by atoms with Crippen LogP contribution in [0.2, 0.25) is 0 Å². The first kappa shape index (κ1) is 17.9. The number of aromatic nitrogens is 1. The lowest BCUT2D eigenvalue weighted by molar-refractivity contribution is 0.129. The van der Waals surface area contributed by atoms with Crippen LogP contribution in [0.25, 0.3) is 10.9 Å². The van der Waals surface area contributed by atoms with Crippen molar-refractivity contribution in [3.8, 4) is 0 Å². The van der Waals surface area contributed by atoms with Crippen LogP contribution in [0.4, 0.5) is 4.39 Å². The summed E-state index contributed by atoms with van der Waals surface area (Å²) >= 11 is 0. The van der Waals surface area contributed by atoms with Crippen molar-refractivity contribution in [3.63, 3.8) is 0 Å².